The smallest absolute Gasteiger partial charge is 0.310 e. The molecule has 9 nitrogen and oxygen atoms in total. The molecule has 1 saturated heterocycles. The highest BCUT2D eigenvalue weighted by Crippen LogP contribution is 2.31. The molecule has 37 heavy (non-hydrogen) atoms. The molecular formula is C27H29FN4O5. The summed E-state index contributed by atoms with van der Waals surface area (Å²) in [6.07, 6.45) is 0.802. The minimum atomic E-state index is -1.06. The Bertz CT molecular complexity index is 1240. The highest BCUT2D eigenvalue weighted by molar-refractivity contribution is 6.35. The van der Waals surface area contributed by atoms with Gasteiger partial charge < -0.3 is 25.4 Å². The lowest BCUT2D eigenvalue weighted by Gasteiger charge is -2.20. The fourth-order valence-electron chi connectivity index (χ4n) is 4.21. The second-order valence-electron chi connectivity index (χ2n) is 9.03. The molecule has 2 aromatic rings. The van der Waals surface area contributed by atoms with Crippen LogP contribution in [0, 0.1) is 17.7 Å². The molecule has 2 aromatic carbocycles. The largest absolute Gasteiger partial charge is 0.489 e. The maximum absolute atomic E-state index is 13.3. The minimum Gasteiger partial charge on any atom is -0.489 e. The number of nitrogens with one attached hydrogen (secondary N) is 2. The third-order valence-corrected chi connectivity index (χ3v) is 6.24. The first-order valence-electron chi connectivity index (χ1n) is 12.1. The third kappa shape index (κ3) is 6.84. The number of carbonyl (C=O) groups is 3. The molecule has 2 aliphatic rings. The van der Waals surface area contributed by atoms with Crippen LogP contribution in [0.25, 0.3) is 0 Å². The predicted octanol–water partition coefficient (Wildman–Crippen LogP) is 0.443. The van der Waals surface area contributed by atoms with Crippen LogP contribution in [0.4, 0.5) is 10.1 Å². The molecule has 0 bridgehead atoms. The van der Waals surface area contributed by atoms with E-state index in [1.807, 2.05) is 0 Å². The zero-order valence-corrected chi connectivity index (χ0v) is 20.5. The lowest BCUT2D eigenvalue weighted by Crippen LogP contribution is -2.53. The number of halogens is 1. The van der Waals surface area contributed by atoms with E-state index in [0.29, 0.717) is 42.1 Å². The molecule has 0 saturated carbocycles. The van der Waals surface area contributed by atoms with Gasteiger partial charge in [-0.1, -0.05) is 24.0 Å². The summed E-state index contributed by atoms with van der Waals surface area (Å²) in [5.74, 6) is 3.96. The Balaban J connectivity index is 1.32. The van der Waals surface area contributed by atoms with Gasteiger partial charge in [-0.2, -0.15) is 0 Å². The number of fused-ring (bicyclic) bond motifs is 1. The zero-order chi connectivity index (χ0) is 26.4. The van der Waals surface area contributed by atoms with Crippen molar-refractivity contribution in [2.75, 3.05) is 44.7 Å². The lowest BCUT2D eigenvalue weighted by molar-refractivity contribution is -0.140. The predicted molar refractivity (Wildman–Crippen MR) is 134 cm³/mol. The van der Waals surface area contributed by atoms with Crippen molar-refractivity contribution in [3.05, 3.63) is 59.4 Å². The molecule has 1 unspecified atom stereocenters. The molecule has 0 spiro atoms. The zero-order valence-electron chi connectivity index (χ0n) is 20.5. The fraction of sp³-hybridized carbons (Fsp3) is 0.370. The van der Waals surface area contributed by atoms with Gasteiger partial charge in [0.2, 0.25) is 0 Å². The van der Waals surface area contributed by atoms with Gasteiger partial charge in [0, 0.05) is 32.2 Å². The molecule has 0 aliphatic carbocycles. The Morgan fingerprint density at radius 3 is 2.81 bits per heavy atom. The first kappa shape index (κ1) is 26.1. The van der Waals surface area contributed by atoms with Crippen molar-refractivity contribution >= 4 is 23.4 Å². The number of benzene rings is 2. The van der Waals surface area contributed by atoms with Crippen LogP contribution in [0.1, 0.15) is 17.5 Å². The number of amides is 3. The molecule has 3 amide bonds. The molecule has 3 N–H and O–H groups in total. The van der Waals surface area contributed by atoms with Gasteiger partial charge in [-0.05, 0) is 48.7 Å². The quantitative estimate of drug-likeness (QED) is 0.400. The van der Waals surface area contributed by atoms with Gasteiger partial charge in [-0.15, -0.1) is 0 Å². The molecule has 1 fully saturated rings. The number of carbonyl (C=O) groups excluding carboxylic acids is 3. The van der Waals surface area contributed by atoms with E-state index in [9.17, 15) is 23.9 Å². The standard InChI is InChI=1S/C27H29FN4O5/c1-31-23-15-18(5-3-12-32-13-10-21(33)16-32)7-8-24(23)37-17-22(27(31)36)30-26(35)25(34)29-11-9-19-4-2-6-20(28)14-19/h2,4,6-8,14-15,21-22,33H,9-13,16-17H2,1H3,(H,29,34)(H,30,35)/t21?,22-/m0/s1. The Hall–Kier alpha value is -3.94. The van der Waals surface area contributed by atoms with Crippen molar-refractivity contribution in [3.63, 3.8) is 0 Å². The maximum atomic E-state index is 13.3. The fourth-order valence-corrected chi connectivity index (χ4v) is 4.21. The molecule has 4 rings (SSSR count). The third-order valence-electron chi connectivity index (χ3n) is 6.24. The number of anilines is 1. The van der Waals surface area contributed by atoms with Crippen LogP contribution in [0.5, 0.6) is 5.75 Å². The van der Waals surface area contributed by atoms with Crippen LogP contribution >= 0.6 is 0 Å². The highest BCUT2D eigenvalue weighted by Gasteiger charge is 2.32. The van der Waals surface area contributed by atoms with E-state index in [4.69, 9.17) is 4.74 Å². The minimum absolute atomic E-state index is 0.137. The van der Waals surface area contributed by atoms with E-state index in [1.54, 1.807) is 37.4 Å². The second kappa shape index (κ2) is 11.9. The number of aliphatic hydroxyl groups is 1. The number of likely N-dealkylation sites (N-methyl/N-ethyl adjacent to an activating group) is 1. The summed E-state index contributed by atoms with van der Waals surface area (Å²) < 4.78 is 19.0. The van der Waals surface area contributed by atoms with Crippen LogP contribution in [0.15, 0.2) is 42.5 Å². The Labute approximate surface area is 214 Å². The molecule has 0 aromatic heterocycles. The SMILES string of the molecule is CN1C(=O)[C@@H](NC(=O)C(=O)NCCc2cccc(F)c2)COc2ccc(C#CCN3CCC(O)C3)cc21. The van der Waals surface area contributed by atoms with Crippen LogP contribution < -0.4 is 20.3 Å². The highest BCUT2D eigenvalue weighted by atomic mass is 19.1. The first-order valence-corrected chi connectivity index (χ1v) is 12.1. The van der Waals surface area contributed by atoms with E-state index in [-0.39, 0.29) is 25.1 Å². The van der Waals surface area contributed by atoms with Crippen molar-refractivity contribution in [1.82, 2.24) is 15.5 Å². The van der Waals surface area contributed by atoms with Crippen LogP contribution in [-0.4, -0.2) is 79.7 Å². The number of rotatable bonds is 5. The molecule has 10 heteroatoms. The summed E-state index contributed by atoms with van der Waals surface area (Å²) in [6, 6.07) is 10.2. The summed E-state index contributed by atoms with van der Waals surface area (Å²) in [7, 11) is 1.57. The molecule has 194 valence electrons. The number of nitrogens with zero attached hydrogens (tertiary/aromatic N) is 2. The summed E-state index contributed by atoms with van der Waals surface area (Å²) in [5.41, 5.74) is 1.89. The van der Waals surface area contributed by atoms with Gasteiger partial charge in [-0.3, -0.25) is 19.3 Å². The van der Waals surface area contributed by atoms with Gasteiger partial charge in [0.25, 0.3) is 5.91 Å². The van der Waals surface area contributed by atoms with Crippen LogP contribution in [0.2, 0.25) is 0 Å². The number of hydrogen-bond acceptors (Lipinski definition) is 6. The lowest BCUT2D eigenvalue weighted by atomic mass is 10.1. The van der Waals surface area contributed by atoms with Gasteiger partial charge in [0.05, 0.1) is 18.3 Å². The topological polar surface area (TPSA) is 111 Å². The summed E-state index contributed by atoms with van der Waals surface area (Å²) in [6.45, 7) is 1.96. The van der Waals surface area contributed by atoms with E-state index in [2.05, 4.69) is 27.4 Å². The van der Waals surface area contributed by atoms with Crippen molar-refractivity contribution in [1.29, 1.82) is 0 Å². The molecule has 2 aliphatic heterocycles. The summed E-state index contributed by atoms with van der Waals surface area (Å²) in [5, 5.41) is 14.5. The molecular weight excluding hydrogens is 479 g/mol. The van der Waals surface area contributed by atoms with Gasteiger partial charge in [0.15, 0.2) is 0 Å². The van der Waals surface area contributed by atoms with Gasteiger partial charge >= 0.3 is 11.8 Å². The Morgan fingerprint density at radius 1 is 1.22 bits per heavy atom. The van der Waals surface area contributed by atoms with Crippen molar-refractivity contribution < 1.29 is 28.6 Å². The van der Waals surface area contributed by atoms with E-state index >= 15 is 0 Å². The summed E-state index contributed by atoms with van der Waals surface area (Å²) in [4.78, 5) is 41.1. The molecule has 2 heterocycles. The van der Waals surface area contributed by atoms with E-state index in [0.717, 1.165) is 13.0 Å². The molecule has 2 atom stereocenters. The molecule has 0 radical (unpaired) electrons. The number of ether oxygens (including phenoxy) is 1. The first-order chi connectivity index (χ1) is 17.8. The number of β-amino-alcohol motifs (C(OH)–C–C–N with tert-alkyl or cyclic N) is 1. The van der Waals surface area contributed by atoms with Gasteiger partial charge in [0.1, 0.15) is 24.2 Å². The van der Waals surface area contributed by atoms with Gasteiger partial charge in [-0.25, -0.2) is 4.39 Å². The number of aliphatic hydroxyl groups excluding tert-OH is 1. The second-order valence-corrected chi connectivity index (χ2v) is 9.03. The van der Waals surface area contributed by atoms with Crippen molar-refractivity contribution in [2.24, 2.45) is 0 Å². The van der Waals surface area contributed by atoms with Crippen LogP contribution in [-0.2, 0) is 20.8 Å². The maximum Gasteiger partial charge on any atom is 0.310 e. The van der Waals surface area contributed by atoms with Crippen molar-refractivity contribution in [3.8, 4) is 17.6 Å². The Morgan fingerprint density at radius 2 is 2.05 bits per heavy atom. The monoisotopic (exact) mass is 508 g/mol. The Kier molecular flexibility index (Phi) is 8.38. The normalized spacial score (nSPS) is 19.2. The average Bonchev–Trinajstić information content (AvgIpc) is 3.26. The van der Waals surface area contributed by atoms with Crippen molar-refractivity contribution in [2.45, 2.75) is 25.0 Å². The van der Waals surface area contributed by atoms with E-state index in [1.165, 1.54) is 17.0 Å². The average molecular weight is 509 g/mol. The summed E-state index contributed by atoms with van der Waals surface area (Å²) >= 11 is 0. The number of likely N-dealkylation sites (tertiary alicyclic amines) is 1. The van der Waals surface area contributed by atoms with E-state index < -0.39 is 23.8 Å². The number of hydrogen-bond donors (Lipinski definition) is 3. The van der Waals surface area contributed by atoms with Crippen LogP contribution in [0.3, 0.4) is 0 Å².